The van der Waals surface area contributed by atoms with Crippen molar-refractivity contribution < 1.29 is 9.47 Å². The minimum absolute atomic E-state index is 0.339. The third-order valence-electron chi connectivity index (χ3n) is 4.63. The molecule has 30 heavy (non-hydrogen) atoms. The van der Waals surface area contributed by atoms with Crippen LogP contribution in [0.2, 0.25) is 10.0 Å². The summed E-state index contributed by atoms with van der Waals surface area (Å²) in [6.07, 6.45) is 0. The maximum Gasteiger partial charge on any atom is 0.174 e. The first-order valence-corrected chi connectivity index (χ1v) is 11.5. The quantitative estimate of drug-likeness (QED) is 0.287. The number of ether oxygens (including phenoxy) is 2. The SMILES string of the molecule is CCOc1cc(CNc2cc(C)ccc2C)cc(I)c1OCc1ccc(Cl)cc1Cl. The normalized spacial score (nSPS) is 10.7. The molecular weight excluding hydrogens is 532 g/mol. The molecule has 6 heteroatoms. The number of hydrogen-bond acceptors (Lipinski definition) is 3. The second kappa shape index (κ2) is 10.6. The van der Waals surface area contributed by atoms with Crippen molar-refractivity contribution in [3.63, 3.8) is 0 Å². The van der Waals surface area contributed by atoms with E-state index in [1.165, 1.54) is 11.1 Å². The molecule has 158 valence electrons. The van der Waals surface area contributed by atoms with Gasteiger partial charge >= 0.3 is 0 Å². The zero-order valence-corrected chi connectivity index (χ0v) is 20.9. The average molecular weight is 556 g/mol. The Labute approximate surface area is 201 Å². The number of hydrogen-bond donors (Lipinski definition) is 1. The average Bonchev–Trinajstić information content (AvgIpc) is 2.69. The molecule has 0 radical (unpaired) electrons. The third-order valence-corrected chi connectivity index (χ3v) is 6.02. The molecule has 0 amide bonds. The van der Waals surface area contributed by atoms with E-state index in [1.54, 1.807) is 6.07 Å². The summed E-state index contributed by atoms with van der Waals surface area (Å²) in [5.74, 6) is 1.45. The molecule has 3 aromatic carbocycles. The molecule has 0 aliphatic heterocycles. The van der Waals surface area contributed by atoms with Crippen molar-refractivity contribution in [2.24, 2.45) is 0 Å². The lowest BCUT2D eigenvalue weighted by atomic mass is 10.1. The highest BCUT2D eigenvalue weighted by atomic mass is 127. The molecule has 0 saturated heterocycles. The van der Waals surface area contributed by atoms with Crippen molar-refractivity contribution in [1.82, 2.24) is 0 Å². The standard InChI is InChI=1S/C24H24Cl2INO2/c1-4-29-23-11-17(13-28-22-9-15(2)5-6-16(22)3)10-21(27)24(23)30-14-18-7-8-19(25)12-20(18)26/h5-12,28H,4,13-14H2,1-3H3. The van der Waals surface area contributed by atoms with Gasteiger partial charge in [-0.3, -0.25) is 0 Å². The first-order chi connectivity index (χ1) is 14.4. The molecule has 0 fully saturated rings. The zero-order valence-electron chi connectivity index (χ0n) is 17.2. The Hall–Kier alpha value is -1.63. The highest BCUT2D eigenvalue weighted by Crippen LogP contribution is 2.36. The van der Waals surface area contributed by atoms with E-state index in [9.17, 15) is 0 Å². The number of rotatable bonds is 8. The molecule has 0 atom stereocenters. The van der Waals surface area contributed by atoms with Crippen molar-refractivity contribution in [3.05, 3.63) is 84.4 Å². The fourth-order valence-corrected chi connectivity index (χ4v) is 4.32. The molecule has 0 heterocycles. The topological polar surface area (TPSA) is 30.5 Å². The fraction of sp³-hybridized carbons (Fsp3) is 0.250. The molecule has 0 saturated carbocycles. The van der Waals surface area contributed by atoms with Crippen LogP contribution in [0.25, 0.3) is 0 Å². The van der Waals surface area contributed by atoms with Crippen LogP contribution in [0.5, 0.6) is 11.5 Å². The second-order valence-electron chi connectivity index (χ2n) is 7.03. The van der Waals surface area contributed by atoms with E-state index in [1.807, 2.05) is 25.1 Å². The van der Waals surface area contributed by atoms with Crippen LogP contribution in [0.3, 0.4) is 0 Å². The monoisotopic (exact) mass is 555 g/mol. The number of anilines is 1. The molecule has 3 rings (SSSR count). The van der Waals surface area contributed by atoms with Crippen molar-refractivity contribution in [1.29, 1.82) is 0 Å². The van der Waals surface area contributed by atoms with E-state index in [0.717, 1.165) is 31.9 Å². The molecule has 3 nitrogen and oxygen atoms in total. The molecule has 1 N–H and O–H groups in total. The molecule has 0 aromatic heterocycles. The van der Waals surface area contributed by atoms with E-state index in [2.05, 4.69) is 66.0 Å². The largest absolute Gasteiger partial charge is 0.490 e. The van der Waals surface area contributed by atoms with Gasteiger partial charge in [-0.2, -0.15) is 0 Å². The highest BCUT2D eigenvalue weighted by Gasteiger charge is 2.14. The van der Waals surface area contributed by atoms with E-state index < -0.39 is 0 Å². The number of benzene rings is 3. The Balaban J connectivity index is 1.78. The minimum Gasteiger partial charge on any atom is -0.490 e. The van der Waals surface area contributed by atoms with Crippen molar-refractivity contribution in [2.45, 2.75) is 33.9 Å². The van der Waals surface area contributed by atoms with Gasteiger partial charge in [0.15, 0.2) is 11.5 Å². The summed E-state index contributed by atoms with van der Waals surface area (Å²) < 4.78 is 13.0. The van der Waals surface area contributed by atoms with Crippen LogP contribution in [0, 0.1) is 17.4 Å². The molecule has 0 aliphatic rings. The van der Waals surface area contributed by atoms with Crippen LogP contribution >= 0.6 is 45.8 Å². The van der Waals surface area contributed by atoms with Crippen molar-refractivity contribution in [3.8, 4) is 11.5 Å². The Morgan fingerprint density at radius 2 is 1.77 bits per heavy atom. The zero-order chi connectivity index (χ0) is 21.7. The predicted octanol–water partition coefficient (Wildman–Crippen LogP) is 7.80. The Kier molecular flexibility index (Phi) is 8.14. The van der Waals surface area contributed by atoms with E-state index >= 15 is 0 Å². The van der Waals surface area contributed by atoms with Gasteiger partial charge < -0.3 is 14.8 Å². The van der Waals surface area contributed by atoms with Gasteiger partial charge in [-0.05, 0) is 90.4 Å². The summed E-state index contributed by atoms with van der Waals surface area (Å²) in [6.45, 7) is 7.77. The van der Waals surface area contributed by atoms with Crippen molar-refractivity contribution >= 4 is 51.5 Å². The summed E-state index contributed by atoms with van der Waals surface area (Å²) in [5.41, 5.74) is 5.60. The summed E-state index contributed by atoms with van der Waals surface area (Å²) in [5, 5.41) is 4.72. The van der Waals surface area contributed by atoms with Gasteiger partial charge in [-0.1, -0.05) is 41.4 Å². The van der Waals surface area contributed by atoms with Crippen LogP contribution in [0.4, 0.5) is 5.69 Å². The Morgan fingerprint density at radius 3 is 2.50 bits per heavy atom. The molecule has 0 unspecified atom stereocenters. The molecular formula is C24H24Cl2INO2. The van der Waals surface area contributed by atoms with Gasteiger partial charge in [-0.15, -0.1) is 0 Å². The molecule has 0 bridgehead atoms. The van der Waals surface area contributed by atoms with Gasteiger partial charge in [0, 0.05) is 27.8 Å². The molecule has 0 aliphatic carbocycles. The van der Waals surface area contributed by atoms with Gasteiger partial charge in [0.05, 0.1) is 10.2 Å². The van der Waals surface area contributed by atoms with Gasteiger partial charge in [0.25, 0.3) is 0 Å². The number of nitrogens with one attached hydrogen (secondary N) is 1. The third kappa shape index (κ3) is 5.96. The maximum atomic E-state index is 6.28. The lowest BCUT2D eigenvalue weighted by Gasteiger charge is -2.17. The van der Waals surface area contributed by atoms with E-state index in [-0.39, 0.29) is 0 Å². The first kappa shape index (κ1) is 23.0. The van der Waals surface area contributed by atoms with Crippen LogP contribution in [0.1, 0.15) is 29.2 Å². The molecule has 3 aromatic rings. The van der Waals surface area contributed by atoms with E-state index in [0.29, 0.717) is 29.8 Å². The summed E-state index contributed by atoms with van der Waals surface area (Å²) in [7, 11) is 0. The lowest BCUT2D eigenvalue weighted by molar-refractivity contribution is 0.267. The minimum atomic E-state index is 0.339. The summed E-state index contributed by atoms with van der Waals surface area (Å²) in [6, 6.07) is 16.0. The fourth-order valence-electron chi connectivity index (χ4n) is 3.04. The highest BCUT2D eigenvalue weighted by molar-refractivity contribution is 14.1. The maximum absolute atomic E-state index is 6.28. The second-order valence-corrected chi connectivity index (χ2v) is 9.04. The Bertz CT molecular complexity index is 1040. The smallest absolute Gasteiger partial charge is 0.174 e. The van der Waals surface area contributed by atoms with Gasteiger partial charge in [0.2, 0.25) is 0 Å². The summed E-state index contributed by atoms with van der Waals surface area (Å²) >= 11 is 14.5. The Morgan fingerprint density at radius 1 is 0.967 bits per heavy atom. The predicted molar refractivity (Wildman–Crippen MR) is 134 cm³/mol. The van der Waals surface area contributed by atoms with E-state index in [4.69, 9.17) is 32.7 Å². The van der Waals surface area contributed by atoms with Crippen molar-refractivity contribution in [2.75, 3.05) is 11.9 Å². The van der Waals surface area contributed by atoms with Crippen LogP contribution in [0.15, 0.2) is 48.5 Å². The van der Waals surface area contributed by atoms with Crippen LogP contribution < -0.4 is 14.8 Å². The van der Waals surface area contributed by atoms with Gasteiger partial charge in [-0.25, -0.2) is 0 Å². The number of halogens is 3. The molecule has 0 spiro atoms. The number of aryl methyl sites for hydroxylation is 2. The lowest BCUT2D eigenvalue weighted by Crippen LogP contribution is -2.05. The first-order valence-electron chi connectivity index (χ1n) is 9.70. The van der Waals surface area contributed by atoms with Crippen LogP contribution in [-0.2, 0) is 13.2 Å². The van der Waals surface area contributed by atoms with Crippen LogP contribution in [-0.4, -0.2) is 6.61 Å². The van der Waals surface area contributed by atoms with Gasteiger partial charge in [0.1, 0.15) is 6.61 Å². The summed E-state index contributed by atoms with van der Waals surface area (Å²) in [4.78, 5) is 0.